The van der Waals surface area contributed by atoms with Gasteiger partial charge in [0.1, 0.15) is 12.3 Å². The summed E-state index contributed by atoms with van der Waals surface area (Å²) in [6.07, 6.45) is 0.953. The molecule has 0 saturated heterocycles. The smallest absolute Gasteiger partial charge is 0.236 e. The molecule has 0 bridgehead atoms. The van der Waals surface area contributed by atoms with Crippen molar-refractivity contribution >= 4 is 17.3 Å². The van der Waals surface area contributed by atoms with Gasteiger partial charge in [-0.05, 0) is 23.5 Å². The van der Waals surface area contributed by atoms with E-state index in [2.05, 4.69) is 56.1 Å². The zero-order chi connectivity index (χ0) is 16.9. The highest BCUT2D eigenvalue weighted by atomic mass is 16.5. The topological polar surface area (TPSA) is 34.0 Å². The summed E-state index contributed by atoms with van der Waals surface area (Å²) >= 11 is 0. The molecule has 0 spiro atoms. The fraction of sp³-hybridized carbons (Fsp3) is 0.333. The quantitative estimate of drug-likeness (QED) is 0.720. The van der Waals surface area contributed by atoms with Gasteiger partial charge < -0.3 is 4.74 Å². The summed E-state index contributed by atoms with van der Waals surface area (Å²) in [5.41, 5.74) is 5.45. The molecule has 0 unspecified atom stereocenters. The summed E-state index contributed by atoms with van der Waals surface area (Å²) in [4.78, 5) is 9.57. The number of aliphatic imine (C=N–C) groups is 2. The van der Waals surface area contributed by atoms with Crippen molar-refractivity contribution in [3.05, 3.63) is 65.2 Å². The largest absolute Gasteiger partial charge is 0.474 e. The van der Waals surface area contributed by atoms with Crippen molar-refractivity contribution in [1.29, 1.82) is 0 Å². The molecule has 0 amide bonds. The predicted molar refractivity (Wildman–Crippen MR) is 101 cm³/mol. The van der Waals surface area contributed by atoms with Crippen molar-refractivity contribution in [3.63, 3.8) is 0 Å². The van der Waals surface area contributed by atoms with E-state index in [1.165, 1.54) is 11.1 Å². The molecule has 3 nitrogen and oxygen atoms in total. The molecule has 0 saturated carbocycles. The summed E-state index contributed by atoms with van der Waals surface area (Å²) in [6, 6.07) is 16.6. The molecule has 1 aliphatic rings. The van der Waals surface area contributed by atoms with Gasteiger partial charge in [0.2, 0.25) is 5.90 Å². The molecule has 0 aromatic heterocycles. The third-order valence-corrected chi connectivity index (χ3v) is 4.21. The Kier molecular flexibility index (Phi) is 5.09. The number of nitrogens with zero attached hydrogens (tertiary/aromatic N) is 2. The van der Waals surface area contributed by atoms with E-state index in [0.29, 0.717) is 25.0 Å². The number of benzene rings is 2. The van der Waals surface area contributed by atoms with E-state index in [1.807, 2.05) is 18.2 Å². The lowest BCUT2D eigenvalue weighted by Crippen LogP contribution is -2.16. The molecule has 3 rings (SSSR count). The minimum absolute atomic E-state index is 0.415. The zero-order valence-corrected chi connectivity index (χ0v) is 14.6. The van der Waals surface area contributed by atoms with Crippen LogP contribution in [-0.2, 0) is 11.2 Å². The number of hydrogen-bond acceptors (Lipinski definition) is 3. The van der Waals surface area contributed by atoms with Gasteiger partial charge in [-0.3, -0.25) is 0 Å². The van der Waals surface area contributed by atoms with Crippen LogP contribution in [0.4, 0.5) is 5.69 Å². The number of para-hydroxylation sites is 1. The second-order valence-corrected chi connectivity index (χ2v) is 6.22. The number of aryl methyl sites for hydroxylation is 1. The lowest BCUT2D eigenvalue weighted by molar-refractivity contribution is 0.353. The third-order valence-electron chi connectivity index (χ3n) is 4.21. The minimum Gasteiger partial charge on any atom is -0.474 e. The van der Waals surface area contributed by atoms with Gasteiger partial charge in [-0.15, -0.1) is 0 Å². The van der Waals surface area contributed by atoms with Crippen LogP contribution < -0.4 is 0 Å². The Hall–Kier alpha value is -2.42. The van der Waals surface area contributed by atoms with E-state index in [4.69, 9.17) is 9.73 Å². The Labute approximate surface area is 144 Å². The lowest BCUT2D eigenvalue weighted by atomic mass is 9.96. The van der Waals surface area contributed by atoms with Crippen LogP contribution in [0.25, 0.3) is 0 Å². The van der Waals surface area contributed by atoms with E-state index in [0.717, 1.165) is 23.4 Å². The molecule has 0 N–H and O–H groups in total. The van der Waals surface area contributed by atoms with Crippen molar-refractivity contribution < 1.29 is 4.74 Å². The van der Waals surface area contributed by atoms with Crippen molar-refractivity contribution in [1.82, 2.24) is 0 Å². The van der Waals surface area contributed by atoms with Crippen LogP contribution in [0.2, 0.25) is 0 Å². The van der Waals surface area contributed by atoms with Gasteiger partial charge in [-0.1, -0.05) is 69.3 Å². The maximum absolute atomic E-state index is 5.73. The number of ether oxygens (including phenoxy) is 1. The molecule has 0 radical (unpaired) electrons. The highest BCUT2D eigenvalue weighted by molar-refractivity contribution is 6.46. The summed E-state index contributed by atoms with van der Waals surface area (Å²) in [7, 11) is 0. The molecule has 0 atom stereocenters. The predicted octanol–water partition coefficient (Wildman–Crippen LogP) is 4.92. The fourth-order valence-electron chi connectivity index (χ4n) is 2.92. The monoisotopic (exact) mass is 320 g/mol. The van der Waals surface area contributed by atoms with E-state index >= 15 is 0 Å². The van der Waals surface area contributed by atoms with Gasteiger partial charge in [-0.25, -0.2) is 9.98 Å². The van der Waals surface area contributed by atoms with Crippen molar-refractivity contribution in [2.45, 2.75) is 33.1 Å². The Morgan fingerprint density at radius 1 is 1.12 bits per heavy atom. The van der Waals surface area contributed by atoms with Gasteiger partial charge in [0.15, 0.2) is 0 Å². The van der Waals surface area contributed by atoms with E-state index in [1.54, 1.807) is 0 Å². The van der Waals surface area contributed by atoms with Crippen LogP contribution in [0.3, 0.4) is 0 Å². The van der Waals surface area contributed by atoms with Crippen LogP contribution in [0, 0.1) is 0 Å². The normalized spacial score (nSPS) is 14.7. The maximum atomic E-state index is 5.73. The molecule has 0 fully saturated rings. The molecule has 24 heavy (non-hydrogen) atoms. The fourth-order valence-corrected chi connectivity index (χ4v) is 2.92. The Bertz CT molecular complexity index is 761. The molecule has 2 aromatic carbocycles. The summed E-state index contributed by atoms with van der Waals surface area (Å²) in [6.45, 7) is 7.92. The number of hydrogen-bond donors (Lipinski definition) is 0. The lowest BCUT2D eigenvalue weighted by Gasteiger charge is -2.15. The second kappa shape index (κ2) is 7.43. The molecular formula is C21H24N2O. The van der Waals surface area contributed by atoms with Gasteiger partial charge in [0, 0.05) is 5.56 Å². The summed E-state index contributed by atoms with van der Waals surface area (Å²) in [5.74, 6) is 1.07. The second-order valence-electron chi connectivity index (χ2n) is 6.22. The highest BCUT2D eigenvalue weighted by Crippen LogP contribution is 2.32. The van der Waals surface area contributed by atoms with Gasteiger partial charge in [0.05, 0.1) is 12.2 Å². The Morgan fingerprint density at radius 3 is 2.54 bits per heavy atom. The van der Waals surface area contributed by atoms with Gasteiger partial charge in [0.25, 0.3) is 0 Å². The molecule has 124 valence electrons. The molecule has 3 heteroatoms. The SMILES string of the molecule is CCc1cccc(C(C)C)c1N=C(C1=NCCO1)c1ccccc1. The molecule has 0 aliphatic carbocycles. The first-order valence-electron chi connectivity index (χ1n) is 8.64. The van der Waals surface area contributed by atoms with Gasteiger partial charge in [-0.2, -0.15) is 0 Å². The number of rotatable bonds is 5. The van der Waals surface area contributed by atoms with E-state index in [-0.39, 0.29) is 0 Å². The highest BCUT2D eigenvalue weighted by Gasteiger charge is 2.19. The molecule has 2 aromatic rings. The standard InChI is InChI=1S/C21H24N2O/c1-4-16-11-8-12-18(15(2)3)19(16)23-20(21-22-13-14-24-21)17-9-6-5-7-10-17/h5-12,15H,4,13-14H2,1-3H3. The average molecular weight is 320 g/mol. The minimum atomic E-state index is 0.415. The van der Waals surface area contributed by atoms with Crippen molar-refractivity contribution in [2.24, 2.45) is 9.98 Å². The first-order valence-corrected chi connectivity index (χ1v) is 8.64. The summed E-state index contributed by atoms with van der Waals surface area (Å²) < 4.78 is 5.73. The Balaban J connectivity index is 2.18. The van der Waals surface area contributed by atoms with Crippen molar-refractivity contribution in [3.8, 4) is 0 Å². The molecular weight excluding hydrogens is 296 g/mol. The van der Waals surface area contributed by atoms with E-state index < -0.39 is 0 Å². The molecule has 1 aliphatic heterocycles. The molecule has 1 heterocycles. The average Bonchev–Trinajstić information content (AvgIpc) is 3.14. The van der Waals surface area contributed by atoms with Crippen LogP contribution in [0.1, 0.15) is 43.4 Å². The van der Waals surface area contributed by atoms with Crippen molar-refractivity contribution in [2.75, 3.05) is 13.2 Å². The summed E-state index contributed by atoms with van der Waals surface area (Å²) in [5, 5.41) is 0. The van der Waals surface area contributed by atoms with Crippen LogP contribution in [0.5, 0.6) is 0 Å². The zero-order valence-electron chi connectivity index (χ0n) is 14.6. The van der Waals surface area contributed by atoms with Crippen LogP contribution in [-0.4, -0.2) is 24.8 Å². The Morgan fingerprint density at radius 2 is 1.92 bits per heavy atom. The third kappa shape index (κ3) is 3.40. The van der Waals surface area contributed by atoms with Crippen LogP contribution >= 0.6 is 0 Å². The first kappa shape index (κ1) is 16.4. The maximum Gasteiger partial charge on any atom is 0.236 e. The van der Waals surface area contributed by atoms with Gasteiger partial charge >= 0.3 is 0 Å². The van der Waals surface area contributed by atoms with E-state index in [9.17, 15) is 0 Å². The first-order chi connectivity index (χ1) is 11.7. The van der Waals surface area contributed by atoms with Crippen LogP contribution in [0.15, 0.2) is 58.5 Å².